The van der Waals surface area contributed by atoms with Gasteiger partial charge in [-0.3, -0.25) is 4.79 Å². The lowest BCUT2D eigenvalue weighted by Gasteiger charge is -2.26. The highest BCUT2D eigenvalue weighted by Gasteiger charge is 2.29. The third-order valence-electron chi connectivity index (χ3n) is 3.19. The Morgan fingerprint density at radius 2 is 2.11 bits per heavy atom. The van der Waals surface area contributed by atoms with Gasteiger partial charge in [0.2, 0.25) is 0 Å². The van der Waals surface area contributed by atoms with Crippen LogP contribution in [0.15, 0.2) is 24.4 Å². The molecule has 2 N–H and O–H groups in total. The quantitative estimate of drug-likeness (QED) is 0.873. The molecule has 0 saturated carbocycles. The summed E-state index contributed by atoms with van der Waals surface area (Å²) in [6.07, 6.45) is 1.91. The van der Waals surface area contributed by atoms with Gasteiger partial charge in [0.05, 0.1) is 13.5 Å². The van der Waals surface area contributed by atoms with E-state index in [-0.39, 0.29) is 6.42 Å². The topological polar surface area (TPSA) is 62.3 Å². The number of hydrogen-bond donors (Lipinski definition) is 2. The number of carboxylic acids is 1. The minimum Gasteiger partial charge on any atom is -0.496 e. The Morgan fingerprint density at radius 3 is 2.72 bits per heavy atom. The first-order valence-electron chi connectivity index (χ1n) is 5.82. The van der Waals surface area contributed by atoms with Crippen LogP contribution in [0.3, 0.4) is 0 Å². The maximum atomic E-state index is 11.0. The van der Waals surface area contributed by atoms with Crippen molar-refractivity contribution in [3.63, 3.8) is 0 Å². The Kier molecular flexibility index (Phi) is 3.03. The maximum absolute atomic E-state index is 11.0. The summed E-state index contributed by atoms with van der Waals surface area (Å²) >= 11 is 0. The van der Waals surface area contributed by atoms with Crippen molar-refractivity contribution in [2.24, 2.45) is 0 Å². The number of benzene rings is 1. The van der Waals surface area contributed by atoms with Crippen LogP contribution in [0.25, 0.3) is 10.9 Å². The predicted octanol–water partition coefficient (Wildman–Crippen LogP) is 2.93. The lowest BCUT2D eigenvalue weighted by atomic mass is 9.79. The second kappa shape index (κ2) is 4.37. The average Bonchev–Trinajstić information content (AvgIpc) is 2.73. The molecule has 0 saturated heterocycles. The normalized spacial score (nSPS) is 11.7. The average molecular weight is 247 g/mol. The van der Waals surface area contributed by atoms with E-state index in [1.54, 1.807) is 7.11 Å². The first kappa shape index (κ1) is 12.5. The van der Waals surface area contributed by atoms with E-state index in [1.807, 2.05) is 38.2 Å². The van der Waals surface area contributed by atoms with Crippen LogP contribution in [0.2, 0.25) is 0 Å². The summed E-state index contributed by atoms with van der Waals surface area (Å²) in [7, 11) is 1.61. The van der Waals surface area contributed by atoms with Crippen LogP contribution in [0, 0.1) is 0 Å². The number of nitrogens with one attached hydrogen (secondary N) is 1. The van der Waals surface area contributed by atoms with Crippen molar-refractivity contribution in [2.75, 3.05) is 7.11 Å². The number of methoxy groups -OCH3 is 1. The molecule has 0 unspecified atom stereocenters. The van der Waals surface area contributed by atoms with Gasteiger partial charge in [-0.15, -0.1) is 0 Å². The zero-order valence-electron chi connectivity index (χ0n) is 10.8. The van der Waals surface area contributed by atoms with E-state index in [9.17, 15) is 4.79 Å². The number of aliphatic carboxylic acids is 1. The highest BCUT2D eigenvalue weighted by Crippen LogP contribution is 2.39. The Bertz CT molecular complexity index is 584. The van der Waals surface area contributed by atoms with Crippen molar-refractivity contribution in [2.45, 2.75) is 25.7 Å². The SMILES string of the molecule is COc1ccc2[nH]ccc2c1C(C)(C)CC(=O)O. The van der Waals surface area contributed by atoms with Gasteiger partial charge < -0.3 is 14.8 Å². The molecule has 0 aliphatic rings. The molecule has 0 aliphatic heterocycles. The summed E-state index contributed by atoms with van der Waals surface area (Å²) in [5.41, 5.74) is 1.44. The molecule has 4 heteroatoms. The zero-order chi connectivity index (χ0) is 13.3. The smallest absolute Gasteiger partial charge is 0.304 e. The third kappa shape index (κ3) is 2.06. The monoisotopic (exact) mass is 247 g/mol. The number of aromatic nitrogens is 1. The molecule has 0 radical (unpaired) electrons. The Balaban J connectivity index is 2.66. The molecule has 1 aromatic heterocycles. The molecule has 2 rings (SSSR count). The Labute approximate surface area is 106 Å². The fourth-order valence-electron chi connectivity index (χ4n) is 2.45. The summed E-state index contributed by atoms with van der Waals surface area (Å²) in [5, 5.41) is 10.1. The van der Waals surface area contributed by atoms with Gasteiger partial charge >= 0.3 is 5.97 Å². The molecule has 96 valence electrons. The second-order valence-corrected chi connectivity index (χ2v) is 5.04. The van der Waals surface area contributed by atoms with E-state index in [0.29, 0.717) is 0 Å². The first-order chi connectivity index (χ1) is 8.45. The van der Waals surface area contributed by atoms with Crippen molar-refractivity contribution < 1.29 is 14.6 Å². The molecule has 4 nitrogen and oxygen atoms in total. The molecular weight excluding hydrogens is 230 g/mol. The predicted molar refractivity (Wildman–Crippen MR) is 70.1 cm³/mol. The van der Waals surface area contributed by atoms with Crippen LogP contribution in [-0.2, 0) is 10.2 Å². The number of rotatable bonds is 4. The lowest BCUT2D eigenvalue weighted by Crippen LogP contribution is -2.22. The van der Waals surface area contributed by atoms with Gasteiger partial charge in [0, 0.05) is 28.1 Å². The van der Waals surface area contributed by atoms with E-state index < -0.39 is 11.4 Å². The molecule has 0 amide bonds. The fourth-order valence-corrected chi connectivity index (χ4v) is 2.45. The summed E-state index contributed by atoms with van der Waals surface area (Å²) in [6, 6.07) is 5.77. The standard InChI is InChI=1S/C14H17NO3/c1-14(2,8-12(16)17)13-9-6-7-15-10(9)4-5-11(13)18-3/h4-7,15H,8H2,1-3H3,(H,16,17). The molecule has 18 heavy (non-hydrogen) atoms. The number of aromatic amines is 1. The summed E-state index contributed by atoms with van der Waals surface area (Å²) in [6.45, 7) is 3.84. The van der Waals surface area contributed by atoms with E-state index in [0.717, 1.165) is 22.2 Å². The fraction of sp³-hybridized carbons (Fsp3) is 0.357. The molecule has 0 spiro atoms. The number of hydrogen-bond acceptors (Lipinski definition) is 2. The Morgan fingerprint density at radius 1 is 1.39 bits per heavy atom. The molecule has 0 atom stereocenters. The van der Waals surface area contributed by atoms with Gasteiger partial charge in [-0.2, -0.15) is 0 Å². The number of ether oxygens (including phenoxy) is 1. The molecule has 0 aliphatic carbocycles. The Hall–Kier alpha value is -1.97. The van der Waals surface area contributed by atoms with Crippen LogP contribution in [-0.4, -0.2) is 23.2 Å². The highest BCUT2D eigenvalue weighted by atomic mass is 16.5. The van der Waals surface area contributed by atoms with Crippen LogP contribution in [0.5, 0.6) is 5.75 Å². The highest BCUT2D eigenvalue weighted by molar-refractivity contribution is 5.87. The minimum absolute atomic E-state index is 0.0631. The van der Waals surface area contributed by atoms with Gasteiger partial charge in [0.15, 0.2) is 0 Å². The maximum Gasteiger partial charge on any atom is 0.304 e. The molecular formula is C14H17NO3. The van der Waals surface area contributed by atoms with Crippen molar-refractivity contribution in [1.82, 2.24) is 4.98 Å². The molecule has 2 aromatic rings. The van der Waals surface area contributed by atoms with Crippen molar-refractivity contribution in [3.05, 3.63) is 30.0 Å². The van der Waals surface area contributed by atoms with E-state index in [4.69, 9.17) is 9.84 Å². The molecule has 1 aromatic carbocycles. The summed E-state index contributed by atoms with van der Waals surface area (Å²) in [5.74, 6) is -0.0806. The molecule has 1 heterocycles. The van der Waals surface area contributed by atoms with E-state index >= 15 is 0 Å². The molecule has 0 bridgehead atoms. The van der Waals surface area contributed by atoms with Crippen molar-refractivity contribution in [3.8, 4) is 5.75 Å². The zero-order valence-corrected chi connectivity index (χ0v) is 10.8. The van der Waals surface area contributed by atoms with Gasteiger partial charge in [-0.25, -0.2) is 0 Å². The van der Waals surface area contributed by atoms with Crippen LogP contribution in [0.1, 0.15) is 25.8 Å². The summed E-state index contributed by atoms with van der Waals surface area (Å²) < 4.78 is 5.38. The van der Waals surface area contributed by atoms with Gasteiger partial charge in [0.1, 0.15) is 5.75 Å². The number of carbonyl (C=O) groups is 1. The van der Waals surface area contributed by atoms with E-state index in [1.165, 1.54) is 0 Å². The number of fused-ring (bicyclic) bond motifs is 1. The van der Waals surface area contributed by atoms with Crippen molar-refractivity contribution >= 4 is 16.9 Å². The third-order valence-corrected chi connectivity index (χ3v) is 3.19. The lowest BCUT2D eigenvalue weighted by molar-refractivity contribution is -0.138. The van der Waals surface area contributed by atoms with Gasteiger partial charge in [0.25, 0.3) is 0 Å². The van der Waals surface area contributed by atoms with Gasteiger partial charge in [-0.05, 0) is 18.2 Å². The number of carboxylic acid groups (broad SMARTS) is 1. The second-order valence-electron chi connectivity index (χ2n) is 5.04. The van der Waals surface area contributed by atoms with Crippen LogP contribution in [0.4, 0.5) is 0 Å². The summed E-state index contributed by atoms with van der Waals surface area (Å²) in [4.78, 5) is 14.1. The van der Waals surface area contributed by atoms with Crippen molar-refractivity contribution in [1.29, 1.82) is 0 Å². The minimum atomic E-state index is -0.811. The van der Waals surface area contributed by atoms with E-state index in [2.05, 4.69) is 4.98 Å². The largest absolute Gasteiger partial charge is 0.496 e. The van der Waals surface area contributed by atoms with Gasteiger partial charge in [-0.1, -0.05) is 13.8 Å². The number of H-pyrrole nitrogens is 1. The molecule has 0 fully saturated rings. The first-order valence-corrected chi connectivity index (χ1v) is 5.82. The van der Waals surface area contributed by atoms with Crippen LogP contribution >= 0.6 is 0 Å². The van der Waals surface area contributed by atoms with Crippen LogP contribution < -0.4 is 4.74 Å².